The zero-order valence-electron chi connectivity index (χ0n) is 20.3. The third kappa shape index (κ3) is 5.41. The molecular weight excluding hydrogens is 412 g/mol. The topological polar surface area (TPSA) is 52.5 Å². The Balaban J connectivity index is 1.32. The minimum atomic E-state index is 0.120. The largest absolute Gasteiger partial charge is 0.497 e. The van der Waals surface area contributed by atoms with Crippen LogP contribution in [0.2, 0.25) is 0 Å². The van der Waals surface area contributed by atoms with E-state index in [4.69, 9.17) is 9.47 Å². The van der Waals surface area contributed by atoms with E-state index in [0.29, 0.717) is 12.0 Å². The van der Waals surface area contributed by atoms with Crippen molar-refractivity contribution in [2.45, 2.75) is 65.1 Å². The molecule has 0 atom stereocenters. The minimum Gasteiger partial charge on any atom is -0.497 e. The van der Waals surface area contributed by atoms with Crippen molar-refractivity contribution in [2.24, 2.45) is 5.92 Å². The molecule has 1 N–H and O–H groups in total. The average Bonchev–Trinajstić information content (AvgIpc) is 2.83. The molecule has 1 aromatic heterocycles. The van der Waals surface area contributed by atoms with Gasteiger partial charge in [-0.25, -0.2) is 0 Å². The van der Waals surface area contributed by atoms with E-state index in [0.717, 1.165) is 47.7 Å². The van der Waals surface area contributed by atoms with Gasteiger partial charge in [0.25, 0.3) is 5.56 Å². The Labute approximate surface area is 196 Å². The Kier molecular flexibility index (Phi) is 7.39. The number of ether oxygens (including phenoxy) is 2. The Hall–Kier alpha value is -2.79. The number of rotatable bonds is 8. The molecule has 0 saturated heterocycles. The molecule has 0 aliphatic heterocycles. The lowest BCUT2D eigenvalue weighted by atomic mass is 9.84. The lowest BCUT2D eigenvalue weighted by Gasteiger charge is -2.29. The van der Waals surface area contributed by atoms with Crippen LogP contribution in [0, 0.1) is 19.8 Å². The number of methoxy groups -OCH3 is 2. The van der Waals surface area contributed by atoms with Crippen LogP contribution in [0.3, 0.4) is 0 Å². The van der Waals surface area contributed by atoms with Crippen molar-refractivity contribution in [3.8, 4) is 11.5 Å². The van der Waals surface area contributed by atoms with Crippen molar-refractivity contribution < 1.29 is 9.47 Å². The van der Waals surface area contributed by atoms with E-state index in [-0.39, 0.29) is 5.56 Å². The summed E-state index contributed by atoms with van der Waals surface area (Å²) in [5.41, 5.74) is 4.60. The lowest BCUT2D eigenvalue weighted by Crippen LogP contribution is -2.33. The van der Waals surface area contributed by atoms with Crippen molar-refractivity contribution in [3.63, 3.8) is 0 Å². The molecule has 0 bridgehead atoms. The van der Waals surface area contributed by atoms with Gasteiger partial charge in [0.15, 0.2) is 0 Å². The molecule has 176 valence electrons. The van der Waals surface area contributed by atoms with Gasteiger partial charge in [0.1, 0.15) is 11.5 Å². The average molecular weight is 449 g/mol. The Bertz CT molecular complexity index is 1160. The normalized spacial score (nSPS) is 18.4. The van der Waals surface area contributed by atoms with Crippen molar-refractivity contribution in [1.29, 1.82) is 0 Å². The second-order valence-corrected chi connectivity index (χ2v) is 9.40. The van der Waals surface area contributed by atoms with E-state index in [1.165, 1.54) is 36.6 Å². The third-order valence-corrected chi connectivity index (χ3v) is 7.16. The maximum atomic E-state index is 12.7. The van der Waals surface area contributed by atoms with Crippen LogP contribution in [-0.4, -0.2) is 24.8 Å². The molecule has 5 heteroatoms. The second-order valence-electron chi connectivity index (χ2n) is 9.40. The zero-order chi connectivity index (χ0) is 23.4. The Morgan fingerprint density at radius 2 is 1.76 bits per heavy atom. The van der Waals surface area contributed by atoms with Gasteiger partial charge in [-0.3, -0.25) is 4.79 Å². The molecule has 2 aromatic carbocycles. The van der Waals surface area contributed by atoms with Crippen LogP contribution >= 0.6 is 0 Å². The van der Waals surface area contributed by atoms with Crippen LogP contribution in [0.15, 0.2) is 47.3 Å². The number of nitrogens with zero attached hydrogens (tertiary/aromatic N) is 1. The number of aromatic nitrogens is 1. The van der Waals surface area contributed by atoms with Crippen LogP contribution in [-0.2, 0) is 13.1 Å². The van der Waals surface area contributed by atoms with E-state index < -0.39 is 0 Å². The molecule has 0 spiro atoms. The number of aryl methyl sites for hydroxylation is 3. The fourth-order valence-electron chi connectivity index (χ4n) is 5.11. The first-order chi connectivity index (χ1) is 16.0. The van der Waals surface area contributed by atoms with Gasteiger partial charge >= 0.3 is 0 Å². The predicted molar refractivity (Wildman–Crippen MR) is 134 cm³/mol. The highest BCUT2D eigenvalue weighted by atomic mass is 16.5. The maximum absolute atomic E-state index is 12.7. The molecule has 5 nitrogen and oxygen atoms in total. The standard InChI is InChI=1S/C28H36N2O3/c1-19-5-12-25-20(2)16-28(31)30(26(25)15-19)14-13-21-6-9-23(10-7-21)29-18-22-8-11-24(32-3)17-27(22)33-4/h5,8,11-12,15-17,21,23,29H,6-7,9-10,13-14,18H2,1-4H3. The maximum Gasteiger partial charge on any atom is 0.251 e. The summed E-state index contributed by atoms with van der Waals surface area (Å²) in [6.45, 7) is 5.71. The number of benzene rings is 2. The predicted octanol–water partition coefficient (Wildman–Crippen LogP) is 5.37. The highest BCUT2D eigenvalue weighted by Crippen LogP contribution is 2.29. The van der Waals surface area contributed by atoms with Crippen molar-refractivity contribution in [2.75, 3.05) is 14.2 Å². The van der Waals surface area contributed by atoms with Crippen LogP contribution in [0.5, 0.6) is 11.5 Å². The van der Waals surface area contributed by atoms with Crippen molar-refractivity contribution in [3.05, 3.63) is 69.5 Å². The molecule has 3 aromatic rings. The number of nitrogens with one attached hydrogen (secondary N) is 1. The fourth-order valence-corrected chi connectivity index (χ4v) is 5.11. The first kappa shape index (κ1) is 23.4. The summed E-state index contributed by atoms with van der Waals surface area (Å²) >= 11 is 0. The number of fused-ring (bicyclic) bond motifs is 1. The van der Waals surface area contributed by atoms with Gasteiger partial charge in [0, 0.05) is 42.2 Å². The fraction of sp³-hybridized carbons (Fsp3) is 0.464. The third-order valence-electron chi connectivity index (χ3n) is 7.16. The minimum absolute atomic E-state index is 0.120. The van der Waals surface area contributed by atoms with Crippen LogP contribution in [0.25, 0.3) is 10.9 Å². The first-order valence-electron chi connectivity index (χ1n) is 12.0. The molecule has 0 radical (unpaired) electrons. The summed E-state index contributed by atoms with van der Waals surface area (Å²) in [6.07, 6.45) is 5.81. The molecule has 1 saturated carbocycles. The number of hydrogen-bond acceptors (Lipinski definition) is 4. The van der Waals surface area contributed by atoms with Crippen LogP contribution < -0.4 is 20.3 Å². The first-order valence-corrected chi connectivity index (χ1v) is 12.0. The molecule has 1 heterocycles. The van der Waals surface area contributed by atoms with Gasteiger partial charge in [-0.05, 0) is 75.1 Å². The molecular formula is C28H36N2O3. The van der Waals surface area contributed by atoms with Gasteiger partial charge in [-0.2, -0.15) is 0 Å². The Morgan fingerprint density at radius 1 is 0.970 bits per heavy atom. The SMILES string of the molecule is COc1ccc(CNC2CCC(CCn3c(=O)cc(C)c4ccc(C)cc43)CC2)c(OC)c1. The van der Waals surface area contributed by atoms with E-state index in [9.17, 15) is 4.79 Å². The molecule has 0 unspecified atom stereocenters. The smallest absolute Gasteiger partial charge is 0.251 e. The molecule has 1 fully saturated rings. The quantitative estimate of drug-likeness (QED) is 0.503. The highest BCUT2D eigenvalue weighted by Gasteiger charge is 2.21. The van der Waals surface area contributed by atoms with Crippen LogP contribution in [0.1, 0.15) is 48.8 Å². The summed E-state index contributed by atoms with van der Waals surface area (Å²) in [4.78, 5) is 12.7. The molecule has 1 aliphatic rings. The summed E-state index contributed by atoms with van der Waals surface area (Å²) < 4.78 is 12.8. The Morgan fingerprint density at radius 3 is 2.48 bits per heavy atom. The monoisotopic (exact) mass is 448 g/mol. The lowest BCUT2D eigenvalue weighted by molar-refractivity contribution is 0.270. The summed E-state index contributed by atoms with van der Waals surface area (Å²) in [5.74, 6) is 2.35. The van der Waals surface area contributed by atoms with Crippen molar-refractivity contribution in [1.82, 2.24) is 9.88 Å². The molecule has 4 rings (SSSR count). The zero-order valence-corrected chi connectivity index (χ0v) is 20.3. The van der Waals surface area contributed by atoms with E-state index >= 15 is 0 Å². The summed E-state index contributed by atoms with van der Waals surface area (Å²) in [7, 11) is 3.37. The van der Waals surface area contributed by atoms with Gasteiger partial charge in [0.05, 0.1) is 19.7 Å². The summed E-state index contributed by atoms with van der Waals surface area (Å²) in [6, 6.07) is 14.7. The molecule has 1 aliphatic carbocycles. The summed E-state index contributed by atoms with van der Waals surface area (Å²) in [5, 5.41) is 4.90. The van der Waals surface area contributed by atoms with E-state index in [1.54, 1.807) is 20.3 Å². The molecule has 0 amide bonds. The number of pyridine rings is 1. The van der Waals surface area contributed by atoms with Gasteiger partial charge < -0.3 is 19.4 Å². The van der Waals surface area contributed by atoms with Gasteiger partial charge in [0.2, 0.25) is 0 Å². The highest BCUT2D eigenvalue weighted by molar-refractivity contribution is 5.83. The molecule has 33 heavy (non-hydrogen) atoms. The van der Waals surface area contributed by atoms with Crippen LogP contribution in [0.4, 0.5) is 0 Å². The van der Waals surface area contributed by atoms with Crippen molar-refractivity contribution >= 4 is 10.9 Å². The second kappa shape index (κ2) is 10.4. The van der Waals surface area contributed by atoms with E-state index in [1.807, 2.05) is 23.6 Å². The van der Waals surface area contributed by atoms with Gasteiger partial charge in [-0.1, -0.05) is 18.2 Å². The van der Waals surface area contributed by atoms with E-state index in [2.05, 4.69) is 36.5 Å². The number of hydrogen-bond donors (Lipinski definition) is 1. The van der Waals surface area contributed by atoms with Gasteiger partial charge in [-0.15, -0.1) is 0 Å².